The molecule has 4 aromatic rings. The van der Waals surface area contributed by atoms with Crippen LogP contribution in [0.3, 0.4) is 0 Å². The summed E-state index contributed by atoms with van der Waals surface area (Å²) in [4.78, 5) is 20.0. The highest BCUT2D eigenvalue weighted by atomic mass is 16.2. The summed E-state index contributed by atoms with van der Waals surface area (Å²) in [6, 6.07) is 24.7. The lowest BCUT2D eigenvalue weighted by Gasteiger charge is -2.21. The first-order chi connectivity index (χ1) is 15.6. The van der Waals surface area contributed by atoms with Crippen LogP contribution in [0.25, 0.3) is 17.1 Å². The van der Waals surface area contributed by atoms with E-state index in [1.807, 2.05) is 41.3 Å². The number of aromatic nitrogens is 2. The Bertz CT molecular complexity index is 1280. The van der Waals surface area contributed by atoms with Gasteiger partial charge in [-0.25, -0.2) is 4.98 Å². The van der Waals surface area contributed by atoms with Crippen LogP contribution in [0.15, 0.2) is 78.9 Å². The molecule has 4 nitrogen and oxygen atoms in total. The van der Waals surface area contributed by atoms with Crippen molar-refractivity contribution in [2.75, 3.05) is 11.4 Å². The number of imidazole rings is 1. The van der Waals surface area contributed by atoms with Crippen molar-refractivity contribution in [3.05, 3.63) is 101 Å². The standard InChI is InChI=1S/C28H27N3O/c1-20-10-8-11-21(2)27(20)31-19-23(18-26(31)32)28-29-24-15-6-7-16-25(24)30(28)17-9-14-22-12-4-3-5-13-22/h3-16,23H,17-19H2,1-2H3/b14-9+. The van der Waals surface area contributed by atoms with Crippen LogP contribution < -0.4 is 4.90 Å². The molecule has 1 atom stereocenters. The average molecular weight is 422 g/mol. The van der Waals surface area contributed by atoms with Crippen LogP contribution in [0, 0.1) is 13.8 Å². The highest BCUT2D eigenvalue weighted by Crippen LogP contribution is 2.36. The second-order valence-electron chi connectivity index (χ2n) is 8.53. The molecular formula is C28H27N3O. The second kappa shape index (κ2) is 8.46. The first kappa shape index (κ1) is 20.3. The number of carbonyl (C=O) groups excluding carboxylic acids is 1. The summed E-state index contributed by atoms with van der Waals surface area (Å²) >= 11 is 0. The fourth-order valence-electron chi connectivity index (χ4n) is 4.78. The van der Waals surface area contributed by atoms with Gasteiger partial charge in [0.1, 0.15) is 5.82 Å². The van der Waals surface area contributed by atoms with E-state index in [4.69, 9.17) is 4.98 Å². The third-order valence-electron chi connectivity index (χ3n) is 6.28. The minimum atomic E-state index is 0.0685. The highest BCUT2D eigenvalue weighted by molar-refractivity contribution is 5.98. The SMILES string of the molecule is Cc1cccc(C)c1N1CC(c2nc3ccccc3n2C/C=C/c2ccccc2)CC1=O. The molecule has 2 heterocycles. The zero-order chi connectivity index (χ0) is 22.1. The van der Waals surface area contributed by atoms with Crippen LogP contribution in [0.2, 0.25) is 0 Å². The predicted molar refractivity (Wildman–Crippen MR) is 131 cm³/mol. The van der Waals surface area contributed by atoms with Crippen LogP contribution in [0.4, 0.5) is 5.69 Å². The van der Waals surface area contributed by atoms with Gasteiger partial charge >= 0.3 is 0 Å². The molecular weight excluding hydrogens is 394 g/mol. The second-order valence-corrected chi connectivity index (χ2v) is 8.53. The van der Waals surface area contributed by atoms with Crippen molar-refractivity contribution < 1.29 is 4.79 Å². The van der Waals surface area contributed by atoms with Crippen molar-refractivity contribution in [1.29, 1.82) is 0 Å². The summed E-state index contributed by atoms with van der Waals surface area (Å²) in [7, 11) is 0. The van der Waals surface area contributed by atoms with E-state index in [2.05, 4.69) is 67.0 Å². The molecule has 1 aliphatic rings. The Hall–Kier alpha value is -3.66. The number of para-hydroxylation sites is 3. The Morgan fingerprint density at radius 1 is 0.938 bits per heavy atom. The van der Waals surface area contributed by atoms with Crippen molar-refractivity contribution in [3.63, 3.8) is 0 Å². The van der Waals surface area contributed by atoms with E-state index in [9.17, 15) is 4.79 Å². The normalized spacial score (nSPS) is 16.5. The Labute approximate surface area is 188 Å². The number of allylic oxidation sites excluding steroid dienone is 1. The summed E-state index contributed by atoms with van der Waals surface area (Å²) in [5.41, 5.74) is 6.59. The van der Waals surface area contributed by atoms with Gasteiger partial charge in [0, 0.05) is 31.1 Å². The molecule has 1 amide bonds. The lowest BCUT2D eigenvalue weighted by Crippen LogP contribution is -2.26. The number of fused-ring (bicyclic) bond motifs is 1. The average Bonchev–Trinajstić information content (AvgIpc) is 3.35. The number of rotatable bonds is 5. The molecule has 1 saturated heterocycles. The van der Waals surface area contributed by atoms with E-state index in [0.29, 0.717) is 13.0 Å². The Morgan fingerprint density at radius 2 is 1.66 bits per heavy atom. The van der Waals surface area contributed by atoms with E-state index in [1.54, 1.807) is 0 Å². The Morgan fingerprint density at radius 3 is 2.44 bits per heavy atom. The first-order valence-corrected chi connectivity index (χ1v) is 11.1. The van der Waals surface area contributed by atoms with Crippen LogP contribution >= 0.6 is 0 Å². The molecule has 5 rings (SSSR count). The maximum absolute atomic E-state index is 13.1. The maximum Gasteiger partial charge on any atom is 0.227 e. The molecule has 0 saturated carbocycles. The summed E-state index contributed by atoms with van der Waals surface area (Å²) in [5, 5.41) is 0. The molecule has 1 unspecified atom stereocenters. The van der Waals surface area contributed by atoms with E-state index in [1.165, 1.54) is 5.56 Å². The number of hydrogen-bond donors (Lipinski definition) is 0. The molecule has 160 valence electrons. The van der Waals surface area contributed by atoms with Crippen molar-refractivity contribution in [1.82, 2.24) is 9.55 Å². The first-order valence-electron chi connectivity index (χ1n) is 11.1. The van der Waals surface area contributed by atoms with E-state index < -0.39 is 0 Å². The van der Waals surface area contributed by atoms with Crippen molar-refractivity contribution in [2.45, 2.75) is 32.7 Å². The van der Waals surface area contributed by atoms with Crippen LogP contribution in [0.1, 0.15) is 34.9 Å². The number of carbonyl (C=O) groups is 1. The third-order valence-corrected chi connectivity index (χ3v) is 6.28. The molecule has 3 aromatic carbocycles. The lowest BCUT2D eigenvalue weighted by atomic mass is 10.1. The van der Waals surface area contributed by atoms with Gasteiger partial charge in [0.25, 0.3) is 0 Å². The predicted octanol–water partition coefficient (Wildman–Crippen LogP) is 5.89. The van der Waals surface area contributed by atoms with E-state index >= 15 is 0 Å². The molecule has 4 heteroatoms. The van der Waals surface area contributed by atoms with Gasteiger partial charge < -0.3 is 9.47 Å². The highest BCUT2D eigenvalue weighted by Gasteiger charge is 2.35. The number of benzene rings is 3. The largest absolute Gasteiger partial charge is 0.324 e. The van der Waals surface area contributed by atoms with Crippen molar-refractivity contribution in [2.24, 2.45) is 0 Å². The molecule has 1 aliphatic heterocycles. The van der Waals surface area contributed by atoms with Gasteiger partial charge in [-0.1, -0.05) is 72.8 Å². The zero-order valence-electron chi connectivity index (χ0n) is 18.5. The monoisotopic (exact) mass is 421 g/mol. The summed E-state index contributed by atoms with van der Waals surface area (Å²) < 4.78 is 2.26. The van der Waals surface area contributed by atoms with Crippen molar-refractivity contribution >= 4 is 28.7 Å². The number of hydrogen-bond acceptors (Lipinski definition) is 2. The molecule has 0 aliphatic carbocycles. The molecule has 1 fully saturated rings. The Balaban J connectivity index is 1.48. The minimum Gasteiger partial charge on any atom is -0.324 e. The van der Waals surface area contributed by atoms with Gasteiger partial charge in [0.2, 0.25) is 5.91 Å². The van der Waals surface area contributed by atoms with E-state index in [-0.39, 0.29) is 11.8 Å². The topological polar surface area (TPSA) is 38.1 Å². The van der Waals surface area contributed by atoms with Gasteiger partial charge in [-0.3, -0.25) is 4.79 Å². The molecule has 32 heavy (non-hydrogen) atoms. The molecule has 1 aromatic heterocycles. The van der Waals surface area contributed by atoms with Gasteiger partial charge in [-0.15, -0.1) is 0 Å². The minimum absolute atomic E-state index is 0.0685. The fourth-order valence-corrected chi connectivity index (χ4v) is 4.78. The third kappa shape index (κ3) is 3.73. The van der Waals surface area contributed by atoms with Crippen LogP contribution in [-0.4, -0.2) is 22.0 Å². The smallest absolute Gasteiger partial charge is 0.227 e. The van der Waals surface area contributed by atoms with Gasteiger partial charge in [0.15, 0.2) is 0 Å². The number of aryl methyl sites for hydroxylation is 2. The van der Waals surface area contributed by atoms with Gasteiger partial charge in [0.05, 0.1) is 11.0 Å². The summed E-state index contributed by atoms with van der Waals surface area (Å²) in [5.74, 6) is 1.23. The zero-order valence-corrected chi connectivity index (χ0v) is 18.5. The fraction of sp³-hybridized carbons (Fsp3) is 0.214. The molecule has 0 bridgehead atoms. The number of anilines is 1. The summed E-state index contributed by atoms with van der Waals surface area (Å²) in [6.45, 7) is 5.54. The van der Waals surface area contributed by atoms with Crippen LogP contribution in [-0.2, 0) is 11.3 Å². The number of amides is 1. The molecule has 0 N–H and O–H groups in total. The van der Waals surface area contributed by atoms with Crippen molar-refractivity contribution in [3.8, 4) is 0 Å². The maximum atomic E-state index is 13.1. The molecule has 0 spiro atoms. The van der Waals surface area contributed by atoms with Gasteiger partial charge in [-0.05, 0) is 42.7 Å². The summed E-state index contributed by atoms with van der Waals surface area (Å²) in [6.07, 6.45) is 4.80. The van der Waals surface area contributed by atoms with E-state index in [0.717, 1.165) is 40.2 Å². The van der Waals surface area contributed by atoms with Gasteiger partial charge in [-0.2, -0.15) is 0 Å². The lowest BCUT2D eigenvalue weighted by molar-refractivity contribution is -0.117. The Kier molecular flexibility index (Phi) is 5.36. The molecule has 0 radical (unpaired) electrons. The van der Waals surface area contributed by atoms with Crippen LogP contribution in [0.5, 0.6) is 0 Å². The number of nitrogens with zero attached hydrogens (tertiary/aromatic N) is 3. The quantitative estimate of drug-likeness (QED) is 0.403.